The smallest absolute Gasteiger partial charge is 0.264 e. The van der Waals surface area contributed by atoms with Gasteiger partial charge in [0.2, 0.25) is 11.8 Å². The van der Waals surface area contributed by atoms with E-state index in [0.717, 1.165) is 21.9 Å². The van der Waals surface area contributed by atoms with E-state index >= 15 is 0 Å². The quantitative estimate of drug-likeness (QED) is 0.202. The van der Waals surface area contributed by atoms with Gasteiger partial charge in [-0.05, 0) is 53.9 Å². The molecule has 0 aromatic heterocycles. The first kappa shape index (κ1) is 32.1. The topological polar surface area (TPSA) is 86.8 Å². The van der Waals surface area contributed by atoms with Gasteiger partial charge in [0.15, 0.2) is 0 Å². The lowest BCUT2D eigenvalue weighted by Gasteiger charge is -2.34. The number of rotatable bonds is 12. The van der Waals surface area contributed by atoms with Crippen LogP contribution in [0.5, 0.6) is 0 Å². The lowest BCUT2D eigenvalue weighted by molar-refractivity contribution is -0.139. The summed E-state index contributed by atoms with van der Waals surface area (Å²) in [5.74, 6) is -1.01. The number of aryl methyl sites for hydroxylation is 1. The second-order valence-electron chi connectivity index (χ2n) is 9.89. The van der Waals surface area contributed by atoms with Crippen molar-refractivity contribution in [2.24, 2.45) is 0 Å². The molecular weight excluding hydrogens is 605 g/mol. The molecule has 0 saturated heterocycles. The summed E-state index contributed by atoms with van der Waals surface area (Å²) in [4.78, 5) is 29.1. The SMILES string of the molecule is CCc1ccc(N(CC(=O)N(Cc2c(Cl)cccc2Cl)C(Cc2ccccc2)C(=O)NC)S(=O)(=O)c2ccccc2)cc1. The van der Waals surface area contributed by atoms with E-state index in [0.29, 0.717) is 21.3 Å². The fraction of sp³-hybridized carbons (Fsp3) is 0.212. The summed E-state index contributed by atoms with van der Waals surface area (Å²) < 4.78 is 29.1. The predicted octanol–water partition coefficient (Wildman–Crippen LogP) is 6.14. The molecule has 0 aliphatic heterocycles. The van der Waals surface area contributed by atoms with Gasteiger partial charge in [0, 0.05) is 35.6 Å². The number of hydrogen-bond donors (Lipinski definition) is 1. The molecule has 0 aliphatic carbocycles. The van der Waals surface area contributed by atoms with Gasteiger partial charge in [0.05, 0.1) is 10.6 Å². The Labute approximate surface area is 263 Å². The average molecular weight is 639 g/mol. The summed E-state index contributed by atoms with van der Waals surface area (Å²) >= 11 is 13.0. The minimum Gasteiger partial charge on any atom is -0.357 e. The van der Waals surface area contributed by atoms with Crippen LogP contribution in [-0.4, -0.2) is 44.8 Å². The second-order valence-corrected chi connectivity index (χ2v) is 12.6. The lowest BCUT2D eigenvalue weighted by Crippen LogP contribution is -2.53. The average Bonchev–Trinajstić information content (AvgIpc) is 3.03. The van der Waals surface area contributed by atoms with Gasteiger partial charge in [0.1, 0.15) is 12.6 Å². The molecule has 0 heterocycles. The first-order valence-electron chi connectivity index (χ1n) is 13.8. The number of carbonyl (C=O) groups is 2. The van der Waals surface area contributed by atoms with Crippen LogP contribution in [0.1, 0.15) is 23.6 Å². The van der Waals surface area contributed by atoms with Gasteiger partial charge in [-0.25, -0.2) is 8.42 Å². The summed E-state index contributed by atoms with van der Waals surface area (Å²) in [6.07, 6.45) is 0.954. The van der Waals surface area contributed by atoms with Crippen LogP contribution in [0.25, 0.3) is 0 Å². The van der Waals surface area contributed by atoms with Gasteiger partial charge < -0.3 is 10.2 Å². The Hall–Kier alpha value is -3.85. The number of carbonyl (C=O) groups excluding carboxylic acids is 2. The highest BCUT2D eigenvalue weighted by Crippen LogP contribution is 2.29. The molecule has 1 unspecified atom stereocenters. The van der Waals surface area contributed by atoms with Crippen LogP contribution in [0.3, 0.4) is 0 Å². The summed E-state index contributed by atoms with van der Waals surface area (Å²) in [6, 6.07) is 28.3. The van der Waals surface area contributed by atoms with Crippen LogP contribution in [0.4, 0.5) is 5.69 Å². The molecule has 1 N–H and O–H groups in total. The van der Waals surface area contributed by atoms with E-state index in [-0.39, 0.29) is 17.9 Å². The number of halogens is 2. The van der Waals surface area contributed by atoms with Crippen molar-refractivity contribution >= 4 is 50.7 Å². The molecule has 0 saturated carbocycles. The zero-order valence-corrected chi connectivity index (χ0v) is 26.2. The fourth-order valence-corrected chi connectivity index (χ4v) is 6.67. The molecule has 0 bridgehead atoms. The normalized spacial score (nSPS) is 11.9. The molecule has 4 aromatic carbocycles. The molecule has 7 nitrogen and oxygen atoms in total. The van der Waals surface area contributed by atoms with Crippen molar-refractivity contribution < 1.29 is 18.0 Å². The van der Waals surface area contributed by atoms with Gasteiger partial charge in [-0.1, -0.05) is 96.9 Å². The van der Waals surface area contributed by atoms with Crippen molar-refractivity contribution in [3.63, 3.8) is 0 Å². The Morgan fingerprint density at radius 1 is 0.791 bits per heavy atom. The van der Waals surface area contributed by atoms with Crippen LogP contribution >= 0.6 is 23.2 Å². The number of hydrogen-bond acceptors (Lipinski definition) is 4. The van der Waals surface area contributed by atoms with Crippen molar-refractivity contribution in [2.75, 3.05) is 17.9 Å². The Balaban J connectivity index is 1.81. The van der Waals surface area contributed by atoms with Gasteiger partial charge in [0.25, 0.3) is 10.0 Å². The Morgan fingerprint density at radius 2 is 1.37 bits per heavy atom. The van der Waals surface area contributed by atoms with Crippen molar-refractivity contribution in [3.8, 4) is 0 Å². The first-order valence-corrected chi connectivity index (χ1v) is 16.0. The maximum Gasteiger partial charge on any atom is 0.264 e. The lowest BCUT2D eigenvalue weighted by atomic mass is 10.0. The third-order valence-electron chi connectivity index (χ3n) is 7.15. The highest BCUT2D eigenvalue weighted by Gasteiger charge is 2.35. The summed E-state index contributed by atoms with van der Waals surface area (Å²) in [6.45, 7) is 1.32. The number of likely N-dealkylation sites (N-methyl/N-ethyl adjacent to an activating group) is 1. The van der Waals surface area contributed by atoms with Crippen molar-refractivity contribution in [2.45, 2.75) is 37.2 Å². The van der Waals surface area contributed by atoms with Crippen molar-refractivity contribution in [1.82, 2.24) is 10.2 Å². The third-order valence-corrected chi connectivity index (χ3v) is 9.65. The molecule has 4 rings (SSSR count). The molecule has 0 aliphatic rings. The van der Waals surface area contributed by atoms with E-state index in [1.807, 2.05) is 49.4 Å². The number of amides is 2. The van der Waals surface area contributed by atoms with E-state index in [4.69, 9.17) is 23.2 Å². The van der Waals surface area contributed by atoms with Crippen LogP contribution in [0.2, 0.25) is 10.0 Å². The zero-order valence-electron chi connectivity index (χ0n) is 23.9. The number of sulfonamides is 1. The monoisotopic (exact) mass is 637 g/mol. The Kier molecular flexibility index (Phi) is 10.9. The van der Waals surface area contributed by atoms with Gasteiger partial charge in [-0.2, -0.15) is 0 Å². The third kappa shape index (κ3) is 7.76. The highest BCUT2D eigenvalue weighted by atomic mass is 35.5. The molecular formula is C33H33Cl2N3O4S. The standard InChI is InChI=1S/C33H33Cl2N3O4S/c1-3-24-17-19-26(20-18-24)38(43(41,42)27-13-8-5-9-14-27)23-32(39)37(22-28-29(34)15-10-16-30(28)35)31(33(40)36-2)21-25-11-6-4-7-12-25/h4-20,31H,3,21-23H2,1-2H3,(H,36,40). The van der Waals surface area contributed by atoms with Gasteiger partial charge >= 0.3 is 0 Å². The summed E-state index contributed by atoms with van der Waals surface area (Å²) in [5.41, 5.74) is 2.61. The zero-order chi connectivity index (χ0) is 31.0. The molecule has 10 heteroatoms. The molecule has 4 aromatic rings. The maximum absolute atomic E-state index is 14.4. The van der Waals surface area contributed by atoms with Crippen LogP contribution in [0.15, 0.2) is 108 Å². The van der Waals surface area contributed by atoms with E-state index in [9.17, 15) is 18.0 Å². The fourth-order valence-electron chi connectivity index (χ4n) is 4.72. The number of benzene rings is 4. The molecule has 2 amide bonds. The van der Waals surface area contributed by atoms with E-state index in [1.54, 1.807) is 48.5 Å². The molecule has 0 radical (unpaired) electrons. The molecule has 43 heavy (non-hydrogen) atoms. The minimum atomic E-state index is -4.17. The molecule has 1 atom stereocenters. The molecule has 0 fully saturated rings. The maximum atomic E-state index is 14.4. The van der Waals surface area contributed by atoms with Crippen LogP contribution in [-0.2, 0) is 39.0 Å². The highest BCUT2D eigenvalue weighted by molar-refractivity contribution is 7.92. The van der Waals surface area contributed by atoms with E-state index < -0.39 is 34.4 Å². The minimum absolute atomic E-state index is 0.0372. The summed E-state index contributed by atoms with van der Waals surface area (Å²) in [7, 11) is -2.68. The summed E-state index contributed by atoms with van der Waals surface area (Å²) in [5, 5.41) is 3.31. The number of nitrogens with one attached hydrogen (secondary N) is 1. The van der Waals surface area contributed by atoms with Crippen molar-refractivity contribution in [3.05, 3.63) is 130 Å². The Morgan fingerprint density at radius 3 is 1.93 bits per heavy atom. The predicted molar refractivity (Wildman–Crippen MR) is 172 cm³/mol. The largest absolute Gasteiger partial charge is 0.357 e. The first-order chi connectivity index (χ1) is 20.6. The van der Waals surface area contributed by atoms with Crippen LogP contribution in [0, 0.1) is 0 Å². The Bertz CT molecular complexity index is 1630. The number of nitrogens with zero attached hydrogens (tertiary/aromatic N) is 2. The van der Waals surface area contributed by atoms with Gasteiger partial charge in [-0.15, -0.1) is 0 Å². The van der Waals surface area contributed by atoms with Crippen molar-refractivity contribution in [1.29, 1.82) is 0 Å². The van der Waals surface area contributed by atoms with E-state index in [1.165, 1.54) is 24.1 Å². The van der Waals surface area contributed by atoms with E-state index in [2.05, 4.69) is 5.32 Å². The van der Waals surface area contributed by atoms with Crippen LogP contribution < -0.4 is 9.62 Å². The second kappa shape index (κ2) is 14.6. The number of anilines is 1. The van der Waals surface area contributed by atoms with Gasteiger partial charge in [-0.3, -0.25) is 13.9 Å². The molecule has 224 valence electrons. The molecule has 0 spiro atoms.